The van der Waals surface area contributed by atoms with Crippen LogP contribution < -0.4 is 4.90 Å². The van der Waals surface area contributed by atoms with Crippen molar-refractivity contribution in [1.82, 2.24) is 24.5 Å². The van der Waals surface area contributed by atoms with Crippen molar-refractivity contribution in [3.8, 4) is 0 Å². The largest absolute Gasteiger partial charge is 0.444 e. The van der Waals surface area contributed by atoms with Crippen LogP contribution in [0, 0.1) is 12.8 Å². The van der Waals surface area contributed by atoms with E-state index >= 15 is 0 Å². The number of carbonyl (C=O) groups is 1. The molecule has 0 saturated carbocycles. The highest BCUT2D eigenvalue weighted by atomic mass is 16.6. The van der Waals surface area contributed by atoms with Gasteiger partial charge in [-0.2, -0.15) is 14.6 Å². The molecular formula is C17H26N6O2. The molecule has 1 aliphatic rings. The first-order valence-electron chi connectivity index (χ1n) is 8.59. The average Bonchev–Trinajstić information content (AvgIpc) is 3.13. The minimum absolute atomic E-state index is 0.274. The Morgan fingerprint density at radius 2 is 2.20 bits per heavy atom. The van der Waals surface area contributed by atoms with Gasteiger partial charge in [-0.1, -0.05) is 0 Å². The van der Waals surface area contributed by atoms with E-state index in [1.165, 1.54) is 6.33 Å². The number of hydrogen-bond donors (Lipinski definition) is 0. The molecular weight excluding hydrogens is 320 g/mol. The van der Waals surface area contributed by atoms with Crippen LogP contribution in [0.4, 0.5) is 10.6 Å². The molecule has 8 nitrogen and oxygen atoms in total. The highest BCUT2D eigenvalue weighted by Gasteiger charge is 2.28. The van der Waals surface area contributed by atoms with E-state index in [-0.39, 0.29) is 6.09 Å². The van der Waals surface area contributed by atoms with Gasteiger partial charge in [0.1, 0.15) is 17.7 Å². The number of hydrogen-bond acceptors (Lipinski definition) is 6. The van der Waals surface area contributed by atoms with E-state index < -0.39 is 5.60 Å². The van der Waals surface area contributed by atoms with E-state index in [4.69, 9.17) is 4.74 Å². The topological polar surface area (TPSA) is 75.9 Å². The molecule has 1 atom stereocenters. The fourth-order valence-electron chi connectivity index (χ4n) is 3.13. The molecule has 0 aromatic carbocycles. The van der Waals surface area contributed by atoms with E-state index in [0.717, 1.165) is 31.0 Å². The van der Waals surface area contributed by atoms with Crippen molar-refractivity contribution in [1.29, 1.82) is 0 Å². The summed E-state index contributed by atoms with van der Waals surface area (Å²) in [7, 11) is 1.79. The van der Waals surface area contributed by atoms with Crippen LogP contribution >= 0.6 is 0 Å². The lowest BCUT2D eigenvalue weighted by atomic mass is 10.1. The Kier molecular flexibility index (Phi) is 4.53. The summed E-state index contributed by atoms with van der Waals surface area (Å²) in [5.41, 5.74) is 0.449. The van der Waals surface area contributed by atoms with E-state index in [0.29, 0.717) is 18.2 Å². The van der Waals surface area contributed by atoms with Crippen molar-refractivity contribution in [3.05, 3.63) is 18.1 Å². The Morgan fingerprint density at radius 1 is 1.44 bits per heavy atom. The van der Waals surface area contributed by atoms with Crippen molar-refractivity contribution < 1.29 is 9.53 Å². The highest BCUT2D eigenvalue weighted by molar-refractivity contribution is 5.67. The molecule has 1 amide bonds. The monoisotopic (exact) mass is 346 g/mol. The smallest absolute Gasteiger partial charge is 0.410 e. The molecule has 0 bridgehead atoms. The molecule has 0 aliphatic carbocycles. The summed E-state index contributed by atoms with van der Waals surface area (Å²) in [6, 6.07) is 2.03. The Hall–Kier alpha value is -2.38. The number of nitrogens with zero attached hydrogens (tertiary/aromatic N) is 6. The number of anilines is 1. The molecule has 1 fully saturated rings. The molecule has 0 radical (unpaired) electrons. The molecule has 3 heterocycles. The Labute approximate surface area is 147 Å². The first-order valence-corrected chi connectivity index (χ1v) is 8.59. The lowest BCUT2D eigenvalue weighted by Gasteiger charge is -2.26. The standard InChI is InChI=1S/C17H26N6O2/c1-12-8-14(23-15(20-12)18-11-19-23)22-7-6-13(10-22)9-21(5)16(24)25-17(2,3)4/h8,11,13H,6-7,9-10H2,1-5H3. The summed E-state index contributed by atoms with van der Waals surface area (Å²) in [5, 5.41) is 4.28. The number of aromatic nitrogens is 4. The second-order valence-corrected chi connectivity index (χ2v) is 7.69. The molecule has 3 rings (SSSR count). The predicted octanol–water partition coefficient (Wildman–Crippen LogP) is 2.13. The van der Waals surface area contributed by atoms with Crippen molar-refractivity contribution in [2.75, 3.05) is 31.6 Å². The average molecular weight is 346 g/mol. The van der Waals surface area contributed by atoms with E-state index in [9.17, 15) is 4.79 Å². The number of carbonyl (C=O) groups excluding carboxylic acids is 1. The zero-order valence-corrected chi connectivity index (χ0v) is 15.6. The molecule has 2 aromatic rings. The minimum Gasteiger partial charge on any atom is -0.444 e. The van der Waals surface area contributed by atoms with Crippen LogP contribution in [0.3, 0.4) is 0 Å². The van der Waals surface area contributed by atoms with Gasteiger partial charge in [-0.15, -0.1) is 0 Å². The molecule has 2 aromatic heterocycles. The fourth-order valence-corrected chi connectivity index (χ4v) is 3.13. The van der Waals surface area contributed by atoms with Gasteiger partial charge in [-0.25, -0.2) is 9.78 Å². The Balaban J connectivity index is 1.65. The van der Waals surface area contributed by atoms with Crippen LogP contribution in [-0.2, 0) is 4.74 Å². The summed E-state index contributed by atoms with van der Waals surface area (Å²) in [4.78, 5) is 24.7. The highest BCUT2D eigenvalue weighted by Crippen LogP contribution is 2.25. The molecule has 0 spiro atoms. The lowest BCUT2D eigenvalue weighted by molar-refractivity contribution is 0.0277. The van der Waals surface area contributed by atoms with Crippen molar-refractivity contribution in [2.45, 2.75) is 39.7 Å². The van der Waals surface area contributed by atoms with Gasteiger partial charge in [-0.3, -0.25) is 0 Å². The van der Waals surface area contributed by atoms with E-state index in [2.05, 4.69) is 20.0 Å². The molecule has 1 unspecified atom stereocenters. The molecule has 1 aliphatic heterocycles. The third kappa shape index (κ3) is 4.00. The minimum atomic E-state index is -0.472. The molecule has 25 heavy (non-hydrogen) atoms. The number of amides is 1. The number of ether oxygens (including phenoxy) is 1. The predicted molar refractivity (Wildman–Crippen MR) is 94.7 cm³/mol. The van der Waals surface area contributed by atoms with Crippen molar-refractivity contribution in [2.24, 2.45) is 5.92 Å². The Bertz CT molecular complexity index is 766. The third-order valence-electron chi connectivity index (χ3n) is 4.21. The van der Waals surface area contributed by atoms with Crippen LogP contribution in [0.2, 0.25) is 0 Å². The molecule has 1 saturated heterocycles. The van der Waals surface area contributed by atoms with Gasteiger partial charge in [-0.05, 0) is 40.0 Å². The zero-order valence-electron chi connectivity index (χ0n) is 15.6. The maximum Gasteiger partial charge on any atom is 0.410 e. The second kappa shape index (κ2) is 6.50. The quantitative estimate of drug-likeness (QED) is 0.847. The van der Waals surface area contributed by atoms with Crippen LogP contribution in [0.5, 0.6) is 0 Å². The van der Waals surface area contributed by atoms with Gasteiger partial charge in [0, 0.05) is 38.4 Å². The maximum atomic E-state index is 12.1. The van der Waals surface area contributed by atoms with Gasteiger partial charge in [0.25, 0.3) is 5.78 Å². The second-order valence-electron chi connectivity index (χ2n) is 7.69. The summed E-state index contributed by atoms with van der Waals surface area (Å²) in [6.07, 6.45) is 2.27. The van der Waals surface area contributed by atoms with Crippen molar-refractivity contribution >= 4 is 17.7 Å². The van der Waals surface area contributed by atoms with Gasteiger partial charge in [0.15, 0.2) is 0 Å². The van der Waals surface area contributed by atoms with Gasteiger partial charge in [0.05, 0.1) is 0 Å². The van der Waals surface area contributed by atoms with Crippen LogP contribution in [0.15, 0.2) is 12.4 Å². The van der Waals surface area contributed by atoms with Gasteiger partial charge < -0.3 is 14.5 Å². The lowest BCUT2D eigenvalue weighted by Crippen LogP contribution is -2.37. The maximum absolute atomic E-state index is 12.1. The van der Waals surface area contributed by atoms with Crippen LogP contribution in [-0.4, -0.2) is 62.9 Å². The molecule has 0 N–H and O–H groups in total. The summed E-state index contributed by atoms with van der Waals surface area (Å²) >= 11 is 0. The SMILES string of the molecule is Cc1cc(N2CCC(CN(C)C(=O)OC(C)(C)C)C2)n2ncnc2n1. The summed E-state index contributed by atoms with van der Waals surface area (Å²) < 4.78 is 7.20. The molecule has 8 heteroatoms. The third-order valence-corrected chi connectivity index (χ3v) is 4.21. The van der Waals surface area contributed by atoms with E-state index in [1.807, 2.05) is 33.8 Å². The normalized spacial score (nSPS) is 18.0. The summed E-state index contributed by atoms with van der Waals surface area (Å²) in [5.74, 6) is 2.01. The first kappa shape index (κ1) is 17.4. The van der Waals surface area contributed by atoms with Gasteiger partial charge >= 0.3 is 6.09 Å². The van der Waals surface area contributed by atoms with Crippen LogP contribution in [0.25, 0.3) is 5.78 Å². The number of fused-ring (bicyclic) bond motifs is 1. The van der Waals surface area contributed by atoms with Crippen LogP contribution in [0.1, 0.15) is 32.9 Å². The van der Waals surface area contributed by atoms with Crippen molar-refractivity contribution in [3.63, 3.8) is 0 Å². The fraction of sp³-hybridized carbons (Fsp3) is 0.647. The van der Waals surface area contributed by atoms with E-state index in [1.54, 1.807) is 16.5 Å². The Morgan fingerprint density at radius 3 is 2.92 bits per heavy atom. The number of rotatable bonds is 3. The number of aryl methyl sites for hydroxylation is 1. The first-order chi connectivity index (χ1) is 11.7. The molecule has 136 valence electrons. The zero-order chi connectivity index (χ0) is 18.2. The summed E-state index contributed by atoms with van der Waals surface area (Å²) in [6.45, 7) is 10.1. The van der Waals surface area contributed by atoms with Gasteiger partial charge in [0.2, 0.25) is 0 Å².